The highest BCUT2D eigenvalue weighted by molar-refractivity contribution is 7.07. The lowest BCUT2D eigenvalue weighted by Crippen LogP contribution is -2.42. The molecule has 2 nitrogen and oxygen atoms in total. The van der Waals surface area contributed by atoms with Crippen molar-refractivity contribution in [2.75, 3.05) is 13.6 Å². The average Bonchev–Trinajstić information content (AvgIpc) is 2.86. The first-order chi connectivity index (χ1) is 9.19. The highest BCUT2D eigenvalue weighted by Crippen LogP contribution is 2.31. The Morgan fingerprint density at radius 2 is 2.26 bits per heavy atom. The molecule has 3 atom stereocenters. The number of nitrogens with two attached hydrogens (primary N) is 1. The van der Waals surface area contributed by atoms with Crippen LogP contribution in [0.2, 0.25) is 0 Å². The standard InChI is InChI=1S/C16H28N2S/c1-3-4-13-5-6-16(17)15(9-13)11-18(2)10-14-7-8-19-12-14/h7-8,12-13,15-16H,3-6,9-11,17H2,1-2H3. The molecule has 0 amide bonds. The summed E-state index contributed by atoms with van der Waals surface area (Å²) in [6, 6.07) is 2.64. The fourth-order valence-electron chi connectivity index (χ4n) is 3.42. The zero-order valence-electron chi connectivity index (χ0n) is 12.3. The van der Waals surface area contributed by atoms with Crippen molar-refractivity contribution in [3.05, 3.63) is 22.4 Å². The van der Waals surface area contributed by atoms with Gasteiger partial charge in [-0.1, -0.05) is 19.8 Å². The molecule has 1 fully saturated rings. The molecule has 1 heterocycles. The van der Waals surface area contributed by atoms with Crippen molar-refractivity contribution in [2.45, 2.75) is 51.6 Å². The first-order valence-corrected chi connectivity index (χ1v) is 8.58. The molecule has 1 saturated carbocycles. The number of thiophene rings is 1. The lowest BCUT2D eigenvalue weighted by Gasteiger charge is -2.36. The molecule has 1 aromatic rings. The van der Waals surface area contributed by atoms with E-state index in [1.165, 1.54) is 37.7 Å². The summed E-state index contributed by atoms with van der Waals surface area (Å²) in [4.78, 5) is 2.45. The molecule has 0 saturated heterocycles. The van der Waals surface area contributed by atoms with E-state index in [0.29, 0.717) is 12.0 Å². The van der Waals surface area contributed by atoms with Crippen LogP contribution in [0.4, 0.5) is 0 Å². The van der Waals surface area contributed by atoms with Gasteiger partial charge < -0.3 is 10.6 Å². The van der Waals surface area contributed by atoms with Gasteiger partial charge in [0.15, 0.2) is 0 Å². The molecule has 1 aliphatic rings. The third-order valence-corrected chi connectivity index (χ3v) is 5.16. The van der Waals surface area contributed by atoms with Crippen molar-refractivity contribution >= 4 is 11.3 Å². The molecule has 3 heteroatoms. The lowest BCUT2D eigenvalue weighted by molar-refractivity contribution is 0.165. The van der Waals surface area contributed by atoms with Crippen molar-refractivity contribution < 1.29 is 0 Å². The Balaban J connectivity index is 1.82. The van der Waals surface area contributed by atoms with Crippen molar-refractivity contribution in [3.63, 3.8) is 0 Å². The molecule has 1 aliphatic carbocycles. The zero-order valence-corrected chi connectivity index (χ0v) is 13.2. The molecule has 2 rings (SSSR count). The van der Waals surface area contributed by atoms with Crippen LogP contribution in [-0.2, 0) is 6.54 Å². The Hall–Kier alpha value is -0.380. The minimum atomic E-state index is 0.415. The summed E-state index contributed by atoms with van der Waals surface area (Å²) in [5.74, 6) is 1.61. The Labute approximate surface area is 122 Å². The first-order valence-electron chi connectivity index (χ1n) is 7.64. The Morgan fingerprint density at radius 3 is 2.95 bits per heavy atom. The maximum Gasteiger partial charge on any atom is 0.0239 e. The van der Waals surface area contributed by atoms with Crippen molar-refractivity contribution in [3.8, 4) is 0 Å². The van der Waals surface area contributed by atoms with Crippen molar-refractivity contribution in [2.24, 2.45) is 17.6 Å². The normalized spacial score (nSPS) is 27.9. The van der Waals surface area contributed by atoms with Gasteiger partial charge in [0.25, 0.3) is 0 Å². The van der Waals surface area contributed by atoms with Crippen LogP contribution >= 0.6 is 11.3 Å². The second kappa shape index (κ2) is 7.41. The van der Waals surface area contributed by atoms with E-state index >= 15 is 0 Å². The Kier molecular flexibility index (Phi) is 5.86. The molecule has 3 unspecified atom stereocenters. The van der Waals surface area contributed by atoms with E-state index < -0.39 is 0 Å². The molecule has 2 N–H and O–H groups in total. The fourth-order valence-corrected chi connectivity index (χ4v) is 4.08. The van der Waals surface area contributed by atoms with Crippen LogP contribution in [0, 0.1) is 11.8 Å². The van der Waals surface area contributed by atoms with Crippen LogP contribution in [0.5, 0.6) is 0 Å². The van der Waals surface area contributed by atoms with Gasteiger partial charge in [0, 0.05) is 19.1 Å². The topological polar surface area (TPSA) is 29.3 Å². The number of hydrogen-bond donors (Lipinski definition) is 1. The second-order valence-electron chi connectivity index (χ2n) is 6.22. The minimum absolute atomic E-state index is 0.415. The number of rotatable bonds is 6. The predicted octanol–water partition coefficient (Wildman–Crippen LogP) is 3.72. The smallest absolute Gasteiger partial charge is 0.0239 e. The molecule has 1 aromatic heterocycles. The zero-order chi connectivity index (χ0) is 13.7. The summed E-state index contributed by atoms with van der Waals surface area (Å²) < 4.78 is 0. The van der Waals surface area contributed by atoms with Crippen LogP contribution in [0.1, 0.15) is 44.6 Å². The average molecular weight is 280 g/mol. The number of hydrogen-bond acceptors (Lipinski definition) is 3. The summed E-state index contributed by atoms with van der Waals surface area (Å²) in [6.07, 6.45) is 6.61. The van der Waals surface area contributed by atoms with Gasteiger partial charge in [-0.05, 0) is 60.5 Å². The highest BCUT2D eigenvalue weighted by atomic mass is 32.1. The second-order valence-corrected chi connectivity index (χ2v) is 7.00. The molecule has 0 bridgehead atoms. The van der Waals surface area contributed by atoms with Gasteiger partial charge in [0.1, 0.15) is 0 Å². The van der Waals surface area contributed by atoms with Crippen LogP contribution in [0.15, 0.2) is 16.8 Å². The maximum atomic E-state index is 6.33. The molecule has 0 spiro atoms. The van der Waals surface area contributed by atoms with E-state index in [4.69, 9.17) is 5.73 Å². The minimum Gasteiger partial charge on any atom is -0.327 e. The molecule has 108 valence electrons. The van der Waals surface area contributed by atoms with E-state index in [1.54, 1.807) is 11.3 Å². The third kappa shape index (κ3) is 4.59. The third-order valence-electron chi connectivity index (χ3n) is 4.43. The predicted molar refractivity (Wildman–Crippen MR) is 84.4 cm³/mol. The summed E-state index contributed by atoms with van der Waals surface area (Å²) in [7, 11) is 2.23. The molecular weight excluding hydrogens is 252 g/mol. The van der Waals surface area contributed by atoms with Gasteiger partial charge in [-0.25, -0.2) is 0 Å². The summed E-state index contributed by atoms with van der Waals surface area (Å²) in [5.41, 5.74) is 7.77. The fraction of sp³-hybridized carbons (Fsp3) is 0.750. The van der Waals surface area contributed by atoms with Gasteiger partial charge in [-0.15, -0.1) is 0 Å². The van der Waals surface area contributed by atoms with Gasteiger partial charge in [0.05, 0.1) is 0 Å². The monoisotopic (exact) mass is 280 g/mol. The summed E-state index contributed by atoms with van der Waals surface area (Å²) in [6.45, 7) is 4.51. The molecule has 19 heavy (non-hydrogen) atoms. The van der Waals surface area contributed by atoms with E-state index in [-0.39, 0.29) is 0 Å². The van der Waals surface area contributed by atoms with Gasteiger partial charge in [-0.3, -0.25) is 0 Å². The van der Waals surface area contributed by atoms with E-state index in [9.17, 15) is 0 Å². The Morgan fingerprint density at radius 1 is 1.42 bits per heavy atom. The Bertz CT molecular complexity index is 350. The molecule has 0 radical (unpaired) electrons. The maximum absolute atomic E-state index is 6.33. The van der Waals surface area contributed by atoms with Crippen LogP contribution < -0.4 is 5.73 Å². The SMILES string of the molecule is CCCC1CCC(N)C(CN(C)Cc2ccsc2)C1. The van der Waals surface area contributed by atoms with Gasteiger partial charge in [-0.2, -0.15) is 11.3 Å². The highest BCUT2D eigenvalue weighted by Gasteiger charge is 2.28. The van der Waals surface area contributed by atoms with Gasteiger partial charge >= 0.3 is 0 Å². The number of nitrogens with zero attached hydrogens (tertiary/aromatic N) is 1. The van der Waals surface area contributed by atoms with Crippen LogP contribution in [-0.4, -0.2) is 24.5 Å². The molecular formula is C16H28N2S. The van der Waals surface area contributed by atoms with Crippen LogP contribution in [0.3, 0.4) is 0 Å². The van der Waals surface area contributed by atoms with Gasteiger partial charge in [0.2, 0.25) is 0 Å². The van der Waals surface area contributed by atoms with E-state index in [0.717, 1.165) is 19.0 Å². The summed E-state index contributed by atoms with van der Waals surface area (Å²) >= 11 is 1.78. The first kappa shape index (κ1) is 15.0. The summed E-state index contributed by atoms with van der Waals surface area (Å²) in [5, 5.41) is 4.41. The van der Waals surface area contributed by atoms with Crippen LogP contribution in [0.25, 0.3) is 0 Å². The molecule has 0 aromatic carbocycles. The lowest BCUT2D eigenvalue weighted by atomic mass is 9.76. The van der Waals surface area contributed by atoms with E-state index in [1.807, 2.05) is 0 Å². The largest absolute Gasteiger partial charge is 0.327 e. The van der Waals surface area contributed by atoms with Crippen molar-refractivity contribution in [1.82, 2.24) is 4.90 Å². The molecule has 0 aliphatic heterocycles. The van der Waals surface area contributed by atoms with E-state index in [2.05, 4.69) is 35.7 Å². The quantitative estimate of drug-likeness (QED) is 0.860. The van der Waals surface area contributed by atoms with Crippen molar-refractivity contribution in [1.29, 1.82) is 0 Å².